The van der Waals surface area contributed by atoms with E-state index in [1.807, 2.05) is 6.07 Å². The van der Waals surface area contributed by atoms with Crippen LogP contribution in [0.5, 0.6) is 0 Å². The Hall–Kier alpha value is -2.78. The summed E-state index contributed by atoms with van der Waals surface area (Å²) in [5, 5.41) is 8.76. The zero-order valence-corrected chi connectivity index (χ0v) is 12.6. The molecule has 1 heterocycles. The lowest BCUT2D eigenvalue weighted by Crippen LogP contribution is -2.25. The lowest BCUT2D eigenvalue weighted by Gasteiger charge is -2.18. The van der Waals surface area contributed by atoms with E-state index in [0.717, 1.165) is 6.07 Å². The molecule has 1 aliphatic heterocycles. The van der Waals surface area contributed by atoms with E-state index in [-0.39, 0.29) is 11.1 Å². The van der Waals surface area contributed by atoms with E-state index in [1.165, 1.54) is 18.2 Å². The molecule has 0 saturated heterocycles. The van der Waals surface area contributed by atoms with Crippen LogP contribution in [-0.4, -0.2) is 20.0 Å². The van der Waals surface area contributed by atoms with E-state index in [9.17, 15) is 17.6 Å². The average molecular weight is 327 g/mol. The van der Waals surface area contributed by atoms with Crippen LogP contribution in [0.3, 0.4) is 0 Å². The van der Waals surface area contributed by atoms with Crippen molar-refractivity contribution in [2.24, 2.45) is 0 Å². The Morgan fingerprint density at radius 1 is 1.13 bits per heavy atom. The van der Waals surface area contributed by atoms with Crippen molar-refractivity contribution in [3.63, 3.8) is 0 Å². The third-order valence-corrected chi connectivity index (χ3v) is 5.27. The number of sulfone groups is 1. The molecular formula is C17H10FNO3S. The molecule has 6 heteroatoms. The summed E-state index contributed by atoms with van der Waals surface area (Å²) in [7, 11) is -3.90. The third kappa shape index (κ3) is 2.67. The van der Waals surface area contributed by atoms with Gasteiger partial charge in [-0.1, -0.05) is 18.2 Å². The number of carbonyl (C=O) groups is 1. The molecule has 23 heavy (non-hydrogen) atoms. The molecule has 0 aliphatic carbocycles. The molecule has 0 saturated carbocycles. The Bertz CT molecular complexity index is 983. The summed E-state index contributed by atoms with van der Waals surface area (Å²) in [4.78, 5) is 11.9. The number of nitriles is 1. The number of rotatable bonds is 1. The fourth-order valence-corrected chi connectivity index (χ4v) is 4.11. The molecule has 0 radical (unpaired) electrons. The summed E-state index contributed by atoms with van der Waals surface area (Å²) in [6.07, 6.45) is 1.45. The van der Waals surface area contributed by atoms with Crippen molar-refractivity contribution in [2.75, 3.05) is 5.75 Å². The number of halogens is 1. The Morgan fingerprint density at radius 3 is 2.48 bits per heavy atom. The van der Waals surface area contributed by atoms with Gasteiger partial charge >= 0.3 is 0 Å². The quantitative estimate of drug-likeness (QED) is 0.755. The highest BCUT2D eigenvalue weighted by atomic mass is 32.2. The van der Waals surface area contributed by atoms with Crippen LogP contribution in [0.4, 0.5) is 4.39 Å². The molecule has 4 nitrogen and oxygen atoms in total. The van der Waals surface area contributed by atoms with Crippen LogP contribution in [0.15, 0.2) is 52.9 Å². The fourth-order valence-electron chi connectivity index (χ4n) is 2.48. The summed E-state index contributed by atoms with van der Waals surface area (Å²) in [5.74, 6) is -1.95. The van der Waals surface area contributed by atoms with Crippen molar-refractivity contribution in [3.8, 4) is 6.07 Å². The zero-order valence-electron chi connectivity index (χ0n) is 11.8. The average Bonchev–Trinajstić information content (AvgIpc) is 2.52. The fraction of sp³-hybridized carbons (Fsp3) is 0.0588. The van der Waals surface area contributed by atoms with Crippen LogP contribution in [0, 0.1) is 17.1 Å². The maximum Gasteiger partial charge on any atom is 0.191 e. The standard InChI is InChI=1S/C17H10FNO3S/c18-15-3-1-2-14-16(20)13(10-23(21,22)17(14)15)8-11-4-6-12(9-19)7-5-11/h1-8H,10H2/b13-8+. The molecule has 0 spiro atoms. The first kappa shape index (κ1) is 15.1. The molecule has 2 aromatic carbocycles. The first-order valence-electron chi connectivity index (χ1n) is 6.69. The first-order valence-corrected chi connectivity index (χ1v) is 8.34. The molecule has 114 valence electrons. The van der Waals surface area contributed by atoms with Gasteiger partial charge in [-0.25, -0.2) is 12.8 Å². The molecule has 0 aromatic heterocycles. The van der Waals surface area contributed by atoms with Gasteiger partial charge in [0.25, 0.3) is 0 Å². The maximum atomic E-state index is 13.8. The minimum absolute atomic E-state index is 0.0767. The van der Waals surface area contributed by atoms with Gasteiger partial charge < -0.3 is 0 Å². The van der Waals surface area contributed by atoms with Gasteiger partial charge in [-0.05, 0) is 35.9 Å². The Morgan fingerprint density at radius 2 is 1.83 bits per heavy atom. The number of hydrogen-bond donors (Lipinski definition) is 0. The number of Topliss-reactive ketones (excluding diaryl/α,β-unsaturated/α-hetero) is 1. The monoisotopic (exact) mass is 327 g/mol. The molecule has 2 aromatic rings. The minimum Gasteiger partial charge on any atom is -0.289 e. The van der Waals surface area contributed by atoms with Crippen molar-refractivity contribution in [1.29, 1.82) is 5.26 Å². The second kappa shape index (κ2) is 5.45. The highest BCUT2D eigenvalue weighted by Gasteiger charge is 2.35. The van der Waals surface area contributed by atoms with E-state index in [1.54, 1.807) is 24.3 Å². The minimum atomic E-state index is -3.90. The predicted octanol–water partition coefficient (Wildman–Crippen LogP) is 2.75. The molecule has 0 bridgehead atoms. The number of fused-ring (bicyclic) bond motifs is 1. The summed E-state index contributed by atoms with van der Waals surface area (Å²) >= 11 is 0. The van der Waals surface area contributed by atoms with E-state index in [0.29, 0.717) is 11.1 Å². The molecule has 0 amide bonds. The Balaban J connectivity index is 2.11. The second-order valence-electron chi connectivity index (χ2n) is 5.11. The van der Waals surface area contributed by atoms with Gasteiger partial charge in [0.15, 0.2) is 15.6 Å². The van der Waals surface area contributed by atoms with Crippen LogP contribution in [0.25, 0.3) is 6.08 Å². The number of hydrogen-bond acceptors (Lipinski definition) is 4. The summed E-state index contributed by atoms with van der Waals surface area (Å²) in [6.45, 7) is 0. The molecule has 0 fully saturated rings. The summed E-state index contributed by atoms with van der Waals surface area (Å²) in [5.41, 5.74) is 0.994. The van der Waals surface area contributed by atoms with Crippen LogP contribution >= 0.6 is 0 Å². The molecule has 0 N–H and O–H groups in total. The third-order valence-electron chi connectivity index (χ3n) is 3.54. The van der Waals surface area contributed by atoms with Crippen molar-refractivity contribution >= 4 is 21.7 Å². The van der Waals surface area contributed by atoms with Crippen LogP contribution in [0.2, 0.25) is 0 Å². The lowest BCUT2D eigenvalue weighted by molar-refractivity contribution is 0.103. The number of nitrogens with zero attached hydrogens (tertiary/aromatic N) is 1. The van der Waals surface area contributed by atoms with Crippen molar-refractivity contribution < 1.29 is 17.6 Å². The van der Waals surface area contributed by atoms with Crippen molar-refractivity contribution in [3.05, 3.63) is 70.5 Å². The molecule has 3 rings (SSSR count). The van der Waals surface area contributed by atoms with Crippen molar-refractivity contribution in [1.82, 2.24) is 0 Å². The smallest absolute Gasteiger partial charge is 0.191 e. The largest absolute Gasteiger partial charge is 0.289 e. The van der Waals surface area contributed by atoms with E-state index in [2.05, 4.69) is 0 Å². The molecule has 0 atom stereocenters. The van der Waals surface area contributed by atoms with Crippen LogP contribution in [-0.2, 0) is 9.84 Å². The summed E-state index contributed by atoms with van der Waals surface area (Å²) < 4.78 is 38.3. The number of carbonyl (C=O) groups excluding carboxylic acids is 1. The highest BCUT2D eigenvalue weighted by molar-refractivity contribution is 7.91. The summed E-state index contributed by atoms with van der Waals surface area (Å²) in [6, 6.07) is 12.0. The Labute approximate surface area is 132 Å². The van der Waals surface area contributed by atoms with Gasteiger partial charge in [0.05, 0.1) is 17.4 Å². The van der Waals surface area contributed by atoms with Gasteiger partial charge in [-0.15, -0.1) is 0 Å². The van der Waals surface area contributed by atoms with Gasteiger partial charge in [0, 0.05) is 11.1 Å². The van der Waals surface area contributed by atoms with Crippen LogP contribution in [0.1, 0.15) is 21.5 Å². The lowest BCUT2D eigenvalue weighted by atomic mass is 10.0. The van der Waals surface area contributed by atoms with Gasteiger partial charge in [0.1, 0.15) is 10.7 Å². The van der Waals surface area contributed by atoms with Gasteiger partial charge in [-0.2, -0.15) is 5.26 Å². The van der Waals surface area contributed by atoms with E-state index < -0.39 is 32.1 Å². The molecule has 1 aliphatic rings. The topological polar surface area (TPSA) is 75.0 Å². The highest BCUT2D eigenvalue weighted by Crippen LogP contribution is 2.30. The van der Waals surface area contributed by atoms with E-state index in [4.69, 9.17) is 5.26 Å². The SMILES string of the molecule is N#Cc1ccc(/C=C2\CS(=O)(=O)c3c(F)cccc3C2=O)cc1. The predicted molar refractivity (Wildman–Crippen MR) is 81.9 cm³/mol. The number of benzene rings is 2. The second-order valence-corrected chi connectivity index (χ2v) is 7.03. The molecular weight excluding hydrogens is 317 g/mol. The van der Waals surface area contributed by atoms with Gasteiger partial charge in [-0.3, -0.25) is 4.79 Å². The number of ketones is 1. The zero-order chi connectivity index (χ0) is 16.6. The van der Waals surface area contributed by atoms with Gasteiger partial charge in [0.2, 0.25) is 0 Å². The maximum absolute atomic E-state index is 13.8. The normalized spacial score (nSPS) is 17.6. The Kier molecular flexibility index (Phi) is 3.58. The van der Waals surface area contributed by atoms with E-state index >= 15 is 0 Å². The van der Waals surface area contributed by atoms with Crippen molar-refractivity contribution in [2.45, 2.75) is 4.90 Å². The first-order chi connectivity index (χ1) is 10.9. The van der Waals surface area contributed by atoms with Crippen LogP contribution < -0.4 is 0 Å². The molecule has 0 unspecified atom stereocenters.